The molecule has 2 aromatic heterocycles. The van der Waals surface area contributed by atoms with Gasteiger partial charge in [-0.3, -0.25) is 4.98 Å². The van der Waals surface area contributed by atoms with Gasteiger partial charge < -0.3 is 10.7 Å². The van der Waals surface area contributed by atoms with Crippen molar-refractivity contribution in [1.29, 1.82) is 0 Å². The largest absolute Gasteiger partial charge is 0.399 e. The zero-order valence-corrected chi connectivity index (χ0v) is 9.74. The summed E-state index contributed by atoms with van der Waals surface area (Å²) >= 11 is 1.57. The normalized spacial score (nSPS) is 10.8. The summed E-state index contributed by atoms with van der Waals surface area (Å²) in [4.78, 5) is 12.8. The van der Waals surface area contributed by atoms with Crippen LogP contribution in [0, 0.1) is 0 Å². The smallest absolute Gasteiger partial charge is 0.171 e. The molecule has 3 N–H and O–H groups in total. The van der Waals surface area contributed by atoms with E-state index in [-0.39, 0.29) is 0 Å². The van der Waals surface area contributed by atoms with E-state index in [1.54, 1.807) is 24.2 Å². The van der Waals surface area contributed by atoms with Gasteiger partial charge in [-0.15, -0.1) is 0 Å². The Morgan fingerprint density at radius 1 is 1.12 bits per heavy atom. The van der Waals surface area contributed by atoms with Gasteiger partial charge >= 0.3 is 0 Å². The number of nitrogens with one attached hydrogen (secondary N) is 1. The van der Waals surface area contributed by atoms with Crippen LogP contribution in [0.1, 0.15) is 0 Å². The fraction of sp³-hybridized carbons (Fsp3) is 0. The predicted molar refractivity (Wildman–Crippen MR) is 68.9 cm³/mol. The Bertz CT molecular complexity index is 648. The van der Waals surface area contributed by atoms with E-state index < -0.39 is 0 Å². The highest BCUT2D eigenvalue weighted by Gasteiger charge is 2.04. The molecule has 0 bridgehead atoms. The summed E-state index contributed by atoms with van der Waals surface area (Å²) in [5, 5.41) is 0.858. The molecule has 5 heteroatoms. The van der Waals surface area contributed by atoms with E-state index in [1.807, 2.05) is 30.3 Å². The fourth-order valence-electron chi connectivity index (χ4n) is 1.57. The van der Waals surface area contributed by atoms with Crippen LogP contribution in [-0.2, 0) is 0 Å². The number of nitrogen functional groups attached to an aromatic ring is 1. The molecule has 1 aromatic carbocycles. The van der Waals surface area contributed by atoms with Crippen molar-refractivity contribution in [3.8, 4) is 0 Å². The topological polar surface area (TPSA) is 67.6 Å². The number of aromatic amines is 1. The molecule has 0 unspecified atom stereocenters. The van der Waals surface area contributed by atoms with Gasteiger partial charge in [0, 0.05) is 23.0 Å². The number of nitrogens with zero attached hydrogens (tertiary/aromatic N) is 2. The van der Waals surface area contributed by atoms with Crippen LogP contribution < -0.4 is 5.73 Å². The minimum atomic E-state index is 0.738. The summed E-state index contributed by atoms with van der Waals surface area (Å²) in [6.45, 7) is 0. The van der Waals surface area contributed by atoms with E-state index in [2.05, 4.69) is 15.0 Å². The van der Waals surface area contributed by atoms with Gasteiger partial charge in [0.05, 0.1) is 11.0 Å². The molecule has 0 radical (unpaired) electrons. The average molecular weight is 242 g/mol. The van der Waals surface area contributed by atoms with E-state index in [0.717, 1.165) is 26.8 Å². The lowest BCUT2D eigenvalue weighted by molar-refractivity contribution is 1.08. The Morgan fingerprint density at radius 2 is 1.94 bits per heavy atom. The molecule has 0 spiro atoms. The van der Waals surface area contributed by atoms with E-state index in [0.29, 0.717) is 0 Å². The number of nitrogens with two attached hydrogens (primary N) is 1. The van der Waals surface area contributed by atoms with E-state index >= 15 is 0 Å². The maximum absolute atomic E-state index is 5.72. The molecule has 0 amide bonds. The first-order valence-electron chi connectivity index (χ1n) is 5.14. The number of imidazole rings is 1. The number of fused-ring (bicyclic) bond motifs is 1. The summed E-state index contributed by atoms with van der Waals surface area (Å²) in [6, 6.07) is 9.55. The van der Waals surface area contributed by atoms with Gasteiger partial charge in [0.25, 0.3) is 0 Å². The van der Waals surface area contributed by atoms with E-state index in [1.165, 1.54) is 0 Å². The number of pyridine rings is 1. The molecule has 0 aliphatic rings. The number of anilines is 1. The Kier molecular flexibility index (Phi) is 2.45. The SMILES string of the molecule is Nc1ccc2nc(Sc3ccncc3)[nH]c2c1. The standard InChI is InChI=1S/C12H10N4S/c13-8-1-2-10-11(7-8)16-12(15-10)17-9-3-5-14-6-4-9/h1-7H,13H2,(H,15,16). The molecule has 3 rings (SSSR count). The van der Waals surface area contributed by atoms with Gasteiger partial charge in [-0.1, -0.05) is 11.8 Å². The van der Waals surface area contributed by atoms with Crippen LogP contribution in [0.25, 0.3) is 11.0 Å². The van der Waals surface area contributed by atoms with Crippen LogP contribution in [0.15, 0.2) is 52.8 Å². The second-order valence-electron chi connectivity index (χ2n) is 3.60. The number of H-pyrrole nitrogens is 1. The minimum Gasteiger partial charge on any atom is -0.399 e. The summed E-state index contributed by atoms with van der Waals surface area (Å²) < 4.78 is 0. The molecule has 3 aromatic rings. The van der Waals surface area contributed by atoms with Crippen LogP contribution in [0.2, 0.25) is 0 Å². The summed E-state index contributed by atoms with van der Waals surface area (Å²) in [5.41, 5.74) is 8.35. The molecule has 0 saturated heterocycles. The molecule has 84 valence electrons. The predicted octanol–water partition coefficient (Wildman–Crippen LogP) is 2.69. The Labute approximate surface area is 102 Å². The second kappa shape index (κ2) is 4.10. The second-order valence-corrected chi connectivity index (χ2v) is 4.67. The first-order valence-corrected chi connectivity index (χ1v) is 5.96. The van der Waals surface area contributed by atoms with Gasteiger partial charge in [-0.25, -0.2) is 4.98 Å². The van der Waals surface area contributed by atoms with Crippen LogP contribution >= 0.6 is 11.8 Å². The molecule has 0 fully saturated rings. The van der Waals surface area contributed by atoms with Crippen molar-refractivity contribution in [2.24, 2.45) is 0 Å². The lowest BCUT2D eigenvalue weighted by Crippen LogP contribution is -1.82. The maximum Gasteiger partial charge on any atom is 0.171 e. The molecule has 0 aliphatic heterocycles. The lowest BCUT2D eigenvalue weighted by Gasteiger charge is -1.94. The van der Waals surface area contributed by atoms with Gasteiger partial charge in [-0.05, 0) is 30.3 Å². The van der Waals surface area contributed by atoms with Crippen molar-refractivity contribution >= 4 is 28.5 Å². The number of hydrogen-bond donors (Lipinski definition) is 2. The molecular formula is C12H10N4S. The molecule has 17 heavy (non-hydrogen) atoms. The third kappa shape index (κ3) is 2.09. The monoisotopic (exact) mass is 242 g/mol. The summed E-state index contributed by atoms with van der Waals surface area (Å²) in [5.74, 6) is 0. The minimum absolute atomic E-state index is 0.738. The molecule has 4 nitrogen and oxygen atoms in total. The van der Waals surface area contributed by atoms with Crippen molar-refractivity contribution in [2.75, 3.05) is 5.73 Å². The summed E-state index contributed by atoms with van der Waals surface area (Å²) in [7, 11) is 0. The van der Waals surface area contributed by atoms with Crippen molar-refractivity contribution in [3.05, 3.63) is 42.7 Å². The van der Waals surface area contributed by atoms with E-state index in [4.69, 9.17) is 5.73 Å². The molecular weight excluding hydrogens is 232 g/mol. The van der Waals surface area contributed by atoms with Gasteiger partial charge in [0.2, 0.25) is 0 Å². The Morgan fingerprint density at radius 3 is 2.76 bits per heavy atom. The summed E-state index contributed by atoms with van der Waals surface area (Å²) in [6.07, 6.45) is 3.53. The quantitative estimate of drug-likeness (QED) is 0.678. The molecule has 0 aliphatic carbocycles. The number of rotatable bonds is 2. The average Bonchev–Trinajstić information content (AvgIpc) is 2.71. The van der Waals surface area contributed by atoms with Crippen molar-refractivity contribution in [2.45, 2.75) is 10.1 Å². The van der Waals surface area contributed by atoms with Crippen LogP contribution in [-0.4, -0.2) is 15.0 Å². The maximum atomic E-state index is 5.72. The highest BCUT2D eigenvalue weighted by molar-refractivity contribution is 7.99. The number of benzene rings is 1. The van der Waals surface area contributed by atoms with Crippen molar-refractivity contribution in [1.82, 2.24) is 15.0 Å². The highest BCUT2D eigenvalue weighted by atomic mass is 32.2. The third-order valence-electron chi connectivity index (χ3n) is 2.35. The number of aromatic nitrogens is 3. The zero-order chi connectivity index (χ0) is 11.7. The van der Waals surface area contributed by atoms with Gasteiger partial charge in [-0.2, -0.15) is 0 Å². The van der Waals surface area contributed by atoms with Crippen molar-refractivity contribution in [3.63, 3.8) is 0 Å². The molecule has 0 atom stereocenters. The van der Waals surface area contributed by atoms with Crippen molar-refractivity contribution < 1.29 is 0 Å². The van der Waals surface area contributed by atoms with Crippen LogP contribution in [0.5, 0.6) is 0 Å². The zero-order valence-electron chi connectivity index (χ0n) is 8.92. The third-order valence-corrected chi connectivity index (χ3v) is 3.24. The Hall–Kier alpha value is -2.01. The fourth-order valence-corrected chi connectivity index (χ4v) is 2.36. The van der Waals surface area contributed by atoms with Gasteiger partial charge in [0.15, 0.2) is 5.16 Å². The van der Waals surface area contributed by atoms with E-state index in [9.17, 15) is 0 Å². The first kappa shape index (κ1) is 10.2. The van der Waals surface area contributed by atoms with Crippen LogP contribution in [0.3, 0.4) is 0 Å². The first-order chi connectivity index (χ1) is 8.31. The molecule has 2 heterocycles. The van der Waals surface area contributed by atoms with Crippen LogP contribution in [0.4, 0.5) is 5.69 Å². The molecule has 0 saturated carbocycles. The Balaban J connectivity index is 1.96. The lowest BCUT2D eigenvalue weighted by atomic mass is 10.3. The van der Waals surface area contributed by atoms with Gasteiger partial charge in [0.1, 0.15) is 0 Å². The number of hydrogen-bond acceptors (Lipinski definition) is 4. The highest BCUT2D eigenvalue weighted by Crippen LogP contribution is 2.27.